The lowest BCUT2D eigenvalue weighted by Crippen LogP contribution is -2.42. The fourth-order valence-corrected chi connectivity index (χ4v) is 3.07. The highest BCUT2D eigenvalue weighted by Gasteiger charge is 2.31. The molecule has 0 spiro atoms. The Morgan fingerprint density at radius 2 is 1.86 bits per heavy atom. The van der Waals surface area contributed by atoms with E-state index < -0.39 is 11.9 Å². The van der Waals surface area contributed by atoms with Gasteiger partial charge in [0.25, 0.3) is 5.91 Å². The van der Waals surface area contributed by atoms with Gasteiger partial charge in [0.15, 0.2) is 11.5 Å². The first-order valence-corrected chi connectivity index (χ1v) is 7.58. The molecule has 1 aliphatic carbocycles. The van der Waals surface area contributed by atoms with E-state index in [1.165, 1.54) is 0 Å². The van der Waals surface area contributed by atoms with Gasteiger partial charge in [-0.1, -0.05) is 19.3 Å². The van der Waals surface area contributed by atoms with Gasteiger partial charge in [0.05, 0.1) is 5.92 Å². The summed E-state index contributed by atoms with van der Waals surface area (Å²) in [5, 5.41) is 12.2. The molecule has 1 fully saturated rings. The van der Waals surface area contributed by atoms with Crippen LogP contribution in [-0.2, 0) is 4.79 Å². The molecule has 6 heteroatoms. The molecule has 0 bridgehead atoms. The summed E-state index contributed by atoms with van der Waals surface area (Å²) < 4.78 is 10.5. The maximum atomic E-state index is 12.4. The summed E-state index contributed by atoms with van der Waals surface area (Å²) in [4.78, 5) is 23.8. The minimum atomic E-state index is -0.835. The van der Waals surface area contributed by atoms with Gasteiger partial charge in [-0.05, 0) is 31.0 Å². The Labute approximate surface area is 128 Å². The predicted octanol–water partition coefficient (Wildman–Crippen LogP) is 2.18. The van der Waals surface area contributed by atoms with Crippen LogP contribution in [0.15, 0.2) is 18.2 Å². The van der Waals surface area contributed by atoms with Gasteiger partial charge in [-0.25, -0.2) is 0 Å². The van der Waals surface area contributed by atoms with Crippen molar-refractivity contribution in [2.75, 3.05) is 6.79 Å². The van der Waals surface area contributed by atoms with Crippen molar-refractivity contribution in [3.05, 3.63) is 23.8 Å². The number of carboxylic acids is 1. The molecular weight excluding hydrogens is 286 g/mol. The molecule has 1 amide bonds. The maximum absolute atomic E-state index is 12.4. The Balaban J connectivity index is 1.73. The monoisotopic (exact) mass is 305 g/mol. The number of carbonyl (C=O) groups excluding carboxylic acids is 1. The predicted molar refractivity (Wildman–Crippen MR) is 78.0 cm³/mol. The smallest absolute Gasteiger partial charge is 0.308 e. The molecule has 2 aliphatic rings. The second kappa shape index (κ2) is 6.25. The minimum absolute atomic E-state index is 0.157. The molecule has 2 N–H and O–H groups in total. The molecule has 1 aliphatic heterocycles. The maximum Gasteiger partial charge on any atom is 0.308 e. The van der Waals surface area contributed by atoms with Gasteiger partial charge in [-0.15, -0.1) is 0 Å². The molecular formula is C16H19NO5. The summed E-state index contributed by atoms with van der Waals surface area (Å²) in [6.07, 6.45) is 4.16. The van der Waals surface area contributed by atoms with Crippen molar-refractivity contribution in [3.63, 3.8) is 0 Å². The van der Waals surface area contributed by atoms with E-state index in [9.17, 15) is 14.7 Å². The number of hydrogen-bond acceptors (Lipinski definition) is 4. The summed E-state index contributed by atoms with van der Waals surface area (Å²) in [6, 6.07) is 4.66. The summed E-state index contributed by atoms with van der Waals surface area (Å²) >= 11 is 0. The van der Waals surface area contributed by atoms with Crippen LogP contribution in [-0.4, -0.2) is 29.8 Å². The number of amides is 1. The lowest BCUT2D eigenvalue weighted by Gasteiger charge is -2.22. The average molecular weight is 305 g/mol. The van der Waals surface area contributed by atoms with Gasteiger partial charge >= 0.3 is 5.97 Å². The molecule has 0 saturated heterocycles. The third-order valence-corrected chi connectivity index (χ3v) is 4.28. The third-order valence-electron chi connectivity index (χ3n) is 4.28. The van der Waals surface area contributed by atoms with E-state index in [0.29, 0.717) is 29.9 Å². The topological polar surface area (TPSA) is 84.9 Å². The largest absolute Gasteiger partial charge is 0.481 e. The van der Waals surface area contributed by atoms with Crippen molar-refractivity contribution in [2.45, 2.75) is 38.1 Å². The lowest BCUT2D eigenvalue weighted by molar-refractivity contribution is -0.142. The van der Waals surface area contributed by atoms with Crippen LogP contribution in [0.4, 0.5) is 0 Å². The second-order valence-electron chi connectivity index (χ2n) is 5.73. The molecule has 0 unspecified atom stereocenters. The first-order valence-electron chi connectivity index (χ1n) is 7.58. The van der Waals surface area contributed by atoms with Crippen molar-refractivity contribution in [3.8, 4) is 11.5 Å². The van der Waals surface area contributed by atoms with Gasteiger partial charge in [0, 0.05) is 11.6 Å². The van der Waals surface area contributed by atoms with E-state index in [1.807, 2.05) is 0 Å². The van der Waals surface area contributed by atoms with E-state index in [1.54, 1.807) is 18.2 Å². The van der Waals surface area contributed by atoms with Gasteiger partial charge in [0.2, 0.25) is 6.79 Å². The fourth-order valence-electron chi connectivity index (χ4n) is 3.07. The summed E-state index contributed by atoms with van der Waals surface area (Å²) in [6.45, 7) is 0.157. The number of rotatable bonds is 3. The van der Waals surface area contributed by atoms with Gasteiger partial charge < -0.3 is 19.9 Å². The van der Waals surface area contributed by atoms with Crippen molar-refractivity contribution < 1.29 is 24.2 Å². The van der Waals surface area contributed by atoms with Crippen LogP contribution >= 0.6 is 0 Å². The molecule has 3 rings (SSSR count). The second-order valence-corrected chi connectivity index (χ2v) is 5.73. The van der Waals surface area contributed by atoms with Crippen molar-refractivity contribution in [1.82, 2.24) is 5.32 Å². The first kappa shape index (κ1) is 14.7. The van der Waals surface area contributed by atoms with Crippen LogP contribution < -0.4 is 14.8 Å². The Bertz CT molecular complexity index is 586. The van der Waals surface area contributed by atoms with E-state index in [0.717, 1.165) is 19.3 Å². The van der Waals surface area contributed by atoms with Gasteiger partial charge in [-0.2, -0.15) is 0 Å². The zero-order chi connectivity index (χ0) is 15.5. The van der Waals surface area contributed by atoms with E-state index in [2.05, 4.69) is 5.32 Å². The highest BCUT2D eigenvalue weighted by atomic mass is 16.7. The number of carbonyl (C=O) groups is 2. The molecule has 1 heterocycles. The number of ether oxygens (including phenoxy) is 2. The standard InChI is InChI=1S/C16H19NO5/c18-15(10-6-7-13-14(8-10)22-9-21-13)17-12-5-3-1-2-4-11(12)16(19)20/h6-8,11-12H,1-5,9H2,(H,17,18)(H,19,20)/t11-,12+/m1/s1. The van der Waals surface area contributed by atoms with E-state index in [-0.39, 0.29) is 18.7 Å². The van der Waals surface area contributed by atoms with Crippen LogP contribution in [0.2, 0.25) is 0 Å². The van der Waals surface area contributed by atoms with E-state index >= 15 is 0 Å². The molecule has 0 aromatic heterocycles. The van der Waals surface area contributed by atoms with Crippen molar-refractivity contribution >= 4 is 11.9 Å². The normalized spacial score (nSPS) is 23.6. The quantitative estimate of drug-likeness (QED) is 0.836. The molecule has 118 valence electrons. The zero-order valence-electron chi connectivity index (χ0n) is 12.2. The van der Waals surface area contributed by atoms with Gasteiger partial charge in [-0.3, -0.25) is 9.59 Å². The number of hydrogen-bond donors (Lipinski definition) is 2. The summed E-state index contributed by atoms with van der Waals surface area (Å²) in [5.74, 6) is -0.451. The Morgan fingerprint density at radius 1 is 1.09 bits per heavy atom. The number of aliphatic carboxylic acids is 1. The molecule has 1 aromatic rings. The molecule has 1 saturated carbocycles. The minimum Gasteiger partial charge on any atom is -0.481 e. The van der Waals surface area contributed by atoms with Crippen LogP contribution in [0.5, 0.6) is 11.5 Å². The molecule has 1 aromatic carbocycles. The molecule has 22 heavy (non-hydrogen) atoms. The summed E-state index contributed by atoms with van der Waals surface area (Å²) in [5.41, 5.74) is 0.456. The highest BCUT2D eigenvalue weighted by Crippen LogP contribution is 2.32. The van der Waals surface area contributed by atoms with Gasteiger partial charge in [0.1, 0.15) is 0 Å². The average Bonchev–Trinajstić information content (AvgIpc) is 2.84. The third kappa shape index (κ3) is 3.00. The number of benzene rings is 1. The Hall–Kier alpha value is -2.24. The zero-order valence-corrected chi connectivity index (χ0v) is 12.2. The van der Waals surface area contributed by atoms with Crippen LogP contribution in [0, 0.1) is 5.92 Å². The van der Waals surface area contributed by atoms with Crippen molar-refractivity contribution in [2.24, 2.45) is 5.92 Å². The van der Waals surface area contributed by atoms with Crippen molar-refractivity contribution in [1.29, 1.82) is 0 Å². The van der Waals surface area contributed by atoms with Crippen LogP contribution in [0.3, 0.4) is 0 Å². The highest BCUT2D eigenvalue weighted by molar-refractivity contribution is 5.95. The molecule has 0 radical (unpaired) electrons. The fraction of sp³-hybridized carbons (Fsp3) is 0.500. The molecule has 2 atom stereocenters. The Morgan fingerprint density at radius 3 is 2.68 bits per heavy atom. The number of carboxylic acid groups (broad SMARTS) is 1. The van der Waals surface area contributed by atoms with Crippen LogP contribution in [0.1, 0.15) is 42.5 Å². The van der Waals surface area contributed by atoms with Crippen LogP contribution in [0.25, 0.3) is 0 Å². The molecule has 6 nitrogen and oxygen atoms in total. The SMILES string of the molecule is O=C(N[C@H]1CCCCC[C@H]1C(=O)O)c1ccc2c(c1)OCO2. The lowest BCUT2D eigenvalue weighted by atomic mass is 9.94. The summed E-state index contributed by atoms with van der Waals surface area (Å²) in [7, 11) is 0. The number of nitrogens with one attached hydrogen (secondary N) is 1. The van der Waals surface area contributed by atoms with E-state index in [4.69, 9.17) is 9.47 Å². The number of fused-ring (bicyclic) bond motifs is 1. The first-order chi connectivity index (χ1) is 10.6. The Kier molecular flexibility index (Phi) is 4.18.